The molecule has 1 amide bonds. The van der Waals surface area contributed by atoms with Gasteiger partial charge in [-0.2, -0.15) is 4.52 Å². The third kappa shape index (κ3) is 4.69. The zero-order valence-corrected chi connectivity index (χ0v) is 15.9. The van der Waals surface area contributed by atoms with Gasteiger partial charge in [0.25, 0.3) is 5.91 Å². The Bertz CT molecular complexity index is 1130. The first-order valence-corrected chi connectivity index (χ1v) is 9.25. The SMILES string of the molecule is O=C(COc1ccccc1)NCCOc1ccc2nnc(-c3ccc(F)cc3)n2n1. The van der Waals surface area contributed by atoms with Crippen LogP contribution in [0.5, 0.6) is 11.6 Å². The number of halogens is 1. The van der Waals surface area contributed by atoms with E-state index in [0.717, 1.165) is 0 Å². The van der Waals surface area contributed by atoms with Crippen molar-refractivity contribution in [3.63, 3.8) is 0 Å². The molecule has 0 radical (unpaired) electrons. The number of carbonyl (C=O) groups is 1. The summed E-state index contributed by atoms with van der Waals surface area (Å²) in [6, 6.07) is 18.4. The molecule has 0 saturated heterocycles. The lowest BCUT2D eigenvalue weighted by Crippen LogP contribution is -2.32. The third-order valence-electron chi connectivity index (χ3n) is 4.13. The van der Waals surface area contributed by atoms with E-state index >= 15 is 0 Å². The number of amides is 1. The van der Waals surface area contributed by atoms with Crippen LogP contribution in [0.1, 0.15) is 0 Å². The Balaban J connectivity index is 1.30. The molecule has 0 atom stereocenters. The van der Waals surface area contributed by atoms with Crippen molar-refractivity contribution in [3.8, 4) is 23.0 Å². The molecule has 2 aromatic carbocycles. The quantitative estimate of drug-likeness (QED) is 0.452. The number of hydrogen-bond donors (Lipinski definition) is 1. The first-order valence-electron chi connectivity index (χ1n) is 9.25. The number of nitrogens with one attached hydrogen (secondary N) is 1. The van der Waals surface area contributed by atoms with E-state index in [0.29, 0.717) is 35.2 Å². The number of para-hydroxylation sites is 1. The molecule has 152 valence electrons. The molecule has 0 aliphatic heterocycles. The summed E-state index contributed by atoms with van der Waals surface area (Å²) in [6.07, 6.45) is 0. The van der Waals surface area contributed by atoms with Crippen LogP contribution >= 0.6 is 0 Å². The van der Waals surface area contributed by atoms with E-state index in [9.17, 15) is 9.18 Å². The van der Waals surface area contributed by atoms with Gasteiger partial charge in [-0.25, -0.2) is 4.39 Å². The summed E-state index contributed by atoms with van der Waals surface area (Å²) < 4.78 is 25.7. The molecule has 0 aliphatic rings. The Kier molecular flexibility index (Phi) is 5.79. The van der Waals surface area contributed by atoms with E-state index in [2.05, 4.69) is 20.6 Å². The van der Waals surface area contributed by atoms with Crippen molar-refractivity contribution >= 4 is 11.6 Å². The fraction of sp³-hybridized carbons (Fsp3) is 0.143. The van der Waals surface area contributed by atoms with Gasteiger partial charge in [0.05, 0.1) is 6.54 Å². The number of aromatic nitrogens is 4. The molecule has 2 heterocycles. The van der Waals surface area contributed by atoms with Gasteiger partial charge in [-0.3, -0.25) is 4.79 Å². The van der Waals surface area contributed by atoms with Crippen LogP contribution in [-0.2, 0) is 4.79 Å². The van der Waals surface area contributed by atoms with Crippen molar-refractivity contribution < 1.29 is 18.7 Å². The normalized spacial score (nSPS) is 10.7. The molecular formula is C21H18FN5O3. The first kappa shape index (κ1) is 19.3. The van der Waals surface area contributed by atoms with E-state index in [1.54, 1.807) is 36.4 Å². The Labute approximate surface area is 171 Å². The fourth-order valence-electron chi connectivity index (χ4n) is 2.69. The summed E-state index contributed by atoms with van der Waals surface area (Å²) in [5.74, 6) is 0.874. The molecule has 30 heavy (non-hydrogen) atoms. The largest absolute Gasteiger partial charge is 0.484 e. The second kappa shape index (κ2) is 8.99. The first-order chi connectivity index (χ1) is 14.7. The van der Waals surface area contributed by atoms with Gasteiger partial charge in [-0.1, -0.05) is 18.2 Å². The average Bonchev–Trinajstić information content (AvgIpc) is 3.20. The summed E-state index contributed by atoms with van der Waals surface area (Å²) in [7, 11) is 0. The molecule has 0 spiro atoms. The van der Waals surface area contributed by atoms with Crippen molar-refractivity contribution in [1.29, 1.82) is 0 Å². The average molecular weight is 407 g/mol. The molecule has 2 aromatic heterocycles. The number of hydrogen-bond acceptors (Lipinski definition) is 6. The van der Waals surface area contributed by atoms with Gasteiger partial charge < -0.3 is 14.8 Å². The summed E-state index contributed by atoms with van der Waals surface area (Å²) in [6.45, 7) is 0.448. The van der Waals surface area contributed by atoms with Crippen LogP contribution < -0.4 is 14.8 Å². The zero-order chi connectivity index (χ0) is 20.8. The Morgan fingerprint density at radius 2 is 1.77 bits per heavy atom. The van der Waals surface area contributed by atoms with Crippen LogP contribution in [0.15, 0.2) is 66.7 Å². The second-order valence-electron chi connectivity index (χ2n) is 6.27. The molecule has 1 N–H and O–H groups in total. The molecule has 0 aliphatic carbocycles. The summed E-state index contributed by atoms with van der Waals surface area (Å²) in [5.41, 5.74) is 1.22. The van der Waals surface area contributed by atoms with Crippen LogP contribution in [0.2, 0.25) is 0 Å². The number of nitrogens with zero attached hydrogens (tertiary/aromatic N) is 4. The zero-order valence-electron chi connectivity index (χ0n) is 15.9. The molecule has 0 unspecified atom stereocenters. The van der Waals surface area contributed by atoms with E-state index < -0.39 is 0 Å². The van der Waals surface area contributed by atoms with Gasteiger partial charge in [0.2, 0.25) is 5.88 Å². The van der Waals surface area contributed by atoms with Crippen molar-refractivity contribution in [1.82, 2.24) is 25.1 Å². The number of ether oxygens (including phenoxy) is 2. The number of carbonyl (C=O) groups excluding carboxylic acids is 1. The predicted octanol–water partition coefficient (Wildman–Crippen LogP) is 2.50. The van der Waals surface area contributed by atoms with Gasteiger partial charge in [0.1, 0.15) is 18.2 Å². The molecule has 0 bridgehead atoms. The Hall–Kier alpha value is -4.01. The topological polar surface area (TPSA) is 90.6 Å². The van der Waals surface area contributed by atoms with Crippen LogP contribution in [0, 0.1) is 5.82 Å². The van der Waals surface area contributed by atoms with Crippen LogP contribution in [0.4, 0.5) is 4.39 Å². The van der Waals surface area contributed by atoms with Crippen molar-refractivity contribution in [2.45, 2.75) is 0 Å². The highest BCUT2D eigenvalue weighted by Gasteiger charge is 2.11. The van der Waals surface area contributed by atoms with Crippen LogP contribution in [-0.4, -0.2) is 45.5 Å². The van der Waals surface area contributed by atoms with Gasteiger partial charge in [-0.05, 0) is 42.5 Å². The second-order valence-corrected chi connectivity index (χ2v) is 6.27. The molecule has 0 saturated carbocycles. The highest BCUT2D eigenvalue weighted by Crippen LogP contribution is 2.19. The highest BCUT2D eigenvalue weighted by molar-refractivity contribution is 5.77. The fourth-order valence-corrected chi connectivity index (χ4v) is 2.69. The molecule has 9 heteroatoms. The minimum absolute atomic E-state index is 0.0735. The smallest absolute Gasteiger partial charge is 0.258 e. The van der Waals surface area contributed by atoms with Gasteiger partial charge in [0, 0.05) is 11.6 Å². The minimum Gasteiger partial charge on any atom is -0.484 e. The maximum Gasteiger partial charge on any atom is 0.258 e. The predicted molar refractivity (Wildman–Crippen MR) is 107 cm³/mol. The summed E-state index contributed by atoms with van der Waals surface area (Å²) >= 11 is 0. The van der Waals surface area contributed by atoms with Gasteiger partial charge >= 0.3 is 0 Å². The standard InChI is InChI=1S/C21H18FN5O3/c22-16-8-6-15(7-9-16)21-25-24-18-10-11-20(26-27(18)21)29-13-12-23-19(28)14-30-17-4-2-1-3-5-17/h1-11H,12-14H2,(H,23,28). The van der Waals surface area contributed by atoms with E-state index in [1.165, 1.54) is 16.6 Å². The van der Waals surface area contributed by atoms with Crippen molar-refractivity contribution in [2.75, 3.05) is 19.8 Å². The van der Waals surface area contributed by atoms with E-state index in [1.807, 2.05) is 18.2 Å². The molecule has 4 rings (SSSR count). The van der Waals surface area contributed by atoms with Crippen LogP contribution in [0.25, 0.3) is 17.0 Å². The molecule has 4 aromatic rings. The maximum absolute atomic E-state index is 13.2. The van der Waals surface area contributed by atoms with Crippen molar-refractivity contribution in [3.05, 3.63) is 72.5 Å². The van der Waals surface area contributed by atoms with E-state index in [-0.39, 0.29) is 24.9 Å². The molecule has 8 nitrogen and oxygen atoms in total. The number of fused-ring (bicyclic) bond motifs is 1. The van der Waals surface area contributed by atoms with Crippen LogP contribution in [0.3, 0.4) is 0 Å². The summed E-state index contributed by atoms with van der Waals surface area (Å²) in [4.78, 5) is 11.8. The third-order valence-corrected chi connectivity index (χ3v) is 4.13. The lowest BCUT2D eigenvalue weighted by Gasteiger charge is -2.08. The maximum atomic E-state index is 13.2. The summed E-state index contributed by atoms with van der Waals surface area (Å²) in [5, 5.41) is 15.2. The van der Waals surface area contributed by atoms with Crippen molar-refractivity contribution in [2.24, 2.45) is 0 Å². The highest BCUT2D eigenvalue weighted by atomic mass is 19.1. The number of benzene rings is 2. The molecular weight excluding hydrogens is 389 g/mol. The lowest BCUT2D eigenvalue weighted by molar-refractivity contribution is -0.123. The van der Waals surface area contributed by atoms with Gasteiger partial charge in [-0.15, -0.1) is 15.3 Å². The monoisotopic (exact) mass is 407 g/mol. The van der Waals surface area contributed by atoms with E-state index in [4.69, 9.17) is 9.47 Å². The van der Waals surface area contributed by atoms with Gasteiger partial charge in [0.15, 0.2) is 18.1 Å². The molecule has 0 fully saturated rings. The number of rotatable bonds is 8. The minimum atomic E-state index is -0.333. The Morgan fingerprint density at radius 3 is 2.57 bits per heavy atom. The Morgan fingerprint density at radius 1 is 0.967 bits per heavy atom. The lowest BCUT2D eigenvalue weighted by atomic mass is 10.2.